The molecule has 1 heterocycles. The standard InChI is InChI=1S/C22H29ClN2O2S/c1-22(2,3)28(26,27)15-17-6-4-16(5-7-17)14-25-21-19-11-13-24-12-10-18(19)8-9-20(21)23/h4-9,24-25H,10-15H2,1-3H3. The highest BCUT2D eigenvalue weighted by atomic mass is 35.5. The van der Waals surface area contributed by atoms with Gasteiger partial charge in [0.1, 0.15) is 0 Å². The number of benzene rings is 2. The van der Waals surface area contributed by atoms with Gasteiger partial charge >= 0.3 is 0 Å². The van der Waals surface area contributed by atoms with Gasteiger partial charge in [-0.25, -0.2) is 8.42 Å². The Kier molecular flexibility index (Phi) is 6.37. The Morgan fingerprint density at radius 1 is 1.00 bits per heavy atom. The summed E-state index contributed by atoms with van der Waals surface area (Å²) in [6.07, 6.45) is 1.97. The lowest BCUT2D eigenvalue weighted by atomic mass is 10.0. The highest BCUT2D eigenvalue weighted by Crippen LogP contribution is 2.31. The molecule has 3 rings (SSSR count). The predicted octanol–water partition coefficient (Wildman–Crippen LogP) is 4.35. The number of hydrogen-bond donors (Lipinski definition) is 2. The fraction of sp³-hybridized carbons (Fsp3) is 0.455. The average molecular weight is 421 g/mol. The van der Waals surface area contributed by atoms with Gasteiger partial charge in [0.05, 0.1) is 21.2 Å². The van der Waals surface area contributed by atoms with Crippen LogP contribution in [0.1, 0.15) is 43.0 Å². The van der Waals surface area contributed by atoms with Gasteiger partial charge in [0.2, 0.25) is 0 Å². The number of nitrogens with one attached hydrogen (secondary N) is 2. The van der Waals surface area contributed by atoms with Crippen LogP contribution in [0.25, 0.3) is 0 Å². The molecule has 0 bridgehead atoms. The smallest absolute Gasteiger partial charge is 0.159 e. The first kappa shape index (κ1) is 21.2. The first-order chi connectivity index (χ1) is 13.2. The second-order valence-corrected chi connectivity index (χ2v) is 11.5. The van der Waals surface area contributed by atoms with Gasteiger partial charge in [0.25, 0.3) is 0 Å². The molecular formula is C22H29ClN2O2S. The lowest BCUT2D eigenvalue weighted by Crippen LogP contribution is -2.29. The number of halogens is 1. The monoisotopic (exact) mass is 420 g/mol. The Balaban J connectivity index is 1.71. The van der Waals surface area contributed by atoms with Gasteiger partial charge in [-0.05, 0) is 75.0 Å². The van der Waals surface area contributed by atoms with Crippen molar-refractivity contribution in [3.8, 4) is 0 Å². The molecule has 0 radical (unpaired) electrons. The van der Waals surface area contributed by atoms with E-state index in [0.29, 0.717) is 6.54 Å². The van der Waals surface area contributed by atoms with Crippen molar-refractivity contribution in [1.82, 2.24) is 5.32 Å². The lowest BCUT2D eigenvalue weighted by molar-refractivity contribution is 0.559. The zero-order valence-electron chi connectivity index (χ0n) is 16.8. The summed E-state index contributed by atoms with van der Waals surface area (Å²) in [6, 6.07) is 11.9. The van der Waals surface area contributed by atoms with Crippen molar-refractivity contribution >= 4 is 27.1 Å². The van der Waals surface area contributed by atoms with Crippen molar-refractivity contribution in [3.05, 3.63) is 63.7 Å². The molecular weight excluding hydrogens is 392 g/mol. The Morgan fingerprint density at radius 3 is 2.32 bits per heavy atom. The minimum Gasteiger partial charge on any atom is -0.380 e. The van der Waals surface area contributed by atoms with Crippen LogP contribution < -0.4 is 10.6 Å². The quantitative estimate of drug-likeness (QED) is 0.754. The van der Waals surface area contributed by atoms with E-state index in [2.05, 4.69) is 16.7 Å². The highest BCUT2D eigenvalue weighted by Gasteiger charge is 2.28. The molecule has 0 aliphatic carbocycles. The Morgan fingerprint density at radius 2 is 1.64 bits per heavy atom. The third kappa shape index (κ3) is 4.88. The lowest BCUT2D eigenvalue weighted by Gasteiger charge is -2.19. The van der Waals surface area contributed by atoms with E-state index in [9.17, 15) is 8.42 Å². The van der Waals surface area contributed by atoms with Crippen LogP contribution in [-0.2, 0) is 35.0 Å². The summed E-state index contributed by atoms with van der Waals surface area (Å²) in [5.41, 5.74) is 5.57. The summed E-state index contributed by atoms with van der Waals surface area (Å²) < 4.78 is 24.0. The second-order valence-electron chi connectivity index (χ2n) is 8.35. The second kappa shape index (κ2) is 8.44. The van der Waals surface area contributed by atoms with Crippen LogP contribution in [0.3, 0.4) is 0 Å². The van der Waals surface area contributed by atoms with E-state index in [-0.39, 0.29) is 5.75 Å². The van der Waals surface area contributed by atoms with E-state index in [1.165, 1.54) is 11.1 Å². The zero-order valence-corrected chi connectivity index (χ0v) is 18.4. The van der Waals surface area contributed by atoms with Crippen LogP contribution in [0.15, 0.2) is 36.4 Å². The van der Waals surface area contributed by atoms with Gasteiger partial charge in [-0.2, -0.15) is 0 Å². The van der Waals surface area contributed by atoms with E-state index in [0.717, 1.165) is 47.8 Å². The zero-order chi connectivity index (χ0) is 20.4. The van der Waals surface area contributed by atoms with Crippen molar-refractivity contribution in [2.75, 3.05) is 18.4 Å². The van der Waals surface area contributed by atoms with Gasteiger partial charge in [0, 0.05) is 6.54 Å². The van der Waals surface area contributed by atoms with Crippen molar-refractivity contribution in [2.24, 2.45) is 0 Å². The molecule has 2 N–H and O–H groups in total. The maximum atomic E-state index is 12.4. The van der Waals surface area contributed by atoms with Crippen molar-refractivity contribution < 1.29 is 8.42 Å². The van der Waals surface area contributed by atoms with Gasteiger partial charge in [-0.1, -0.05) is 41.9 Å². The van der Waals surface area contributed by atoms with E-state index < -0.39 is 14.6 Å². The SMILES string of the molecule is CC(C)(C)S(=O)(=O)Cc1ccc(CNc2c(Cl)ccc3c2CCNCC3)cc1. The van der Waals surface area contributed by atoms with Crippen LogP contribution in [0.2, 0.25) is 5.02 Å². The molecule has 0 unspecified atom stereocenters. The van der Waals surface area contributed by atoms with Crippen LogP contribution in [0.4, 0.5) is 5.69 Å². The average Bonchev–Trinajstić information content (AvgIpc) is 2.86. The molecule has 2 aromatic rings. The maximum absolute atomic E-state index is 12.4. The molecule has 152 valence electrons. The van der Waals surface area contributed by atoms with Crippen molar-refractivity contribution in [1.29, 1.82) is 0 Å². The van der Waals surface area contributed by atoms with Crippen molar-refractivity contribution in [2.45, 2.75) is 50.7 Å². The summed E-state index contributed by atoms with van der Waals surface area (Å²) in [5, 5.41) is 7.67. The molecule has 0 fully saturated rings. The summed E-state index contributed by atoms with van der Waals surface area (Å²) >= 11 is 6.47. The van der Waals surface area contributed by atoms with E-state index >= 15 is 0 Å². The largest absolute Gasteiger partial charge is 0.380 e. The van der Waals surface area contributed by atoms with Crippen molar-refractivity contribution in [3.63, 3.8) is 0 Å². The number of sulfone groups is 1. The van der Waals surface area contributed by atoms with Gasteiger partial charge in [-0.15, -0.1) is 0 Å². The summed E-state index contributed by atoms with van der Waals surface area (Å²) in [6.45, 7) is 7.82. The molecule has 0 spiro atoms. The third-order valence-electron chi connectivity index (χ3n) is 5.26. The number of fused-ring (bicyclic) bond motifs is 1. The first-order valence-electron chi connectivity index (χ1n) is 9.72. The molecule has 6 heteroatoms. The van der Waals surface area contributed by atoms with Crippen LogP contribution in [0.5, 0.6) is 0 Å². The topological polar surface area (TPSA) is 58.2 Å². The molecule has 1 aliphatic rings. The van der Waals surface area contributed by atoms with Crippen LogP contribution >= 0.6 is 11.6 Å². The number of hydrogen-bond acceptors (Lipinski definition) is 4. The molecule has 1 aliphatic heterocycles. The van der Waals surface area contributed by atoms with Crippen LogP contribution in [-0.4, -0.2) is 26.3 Å². The molecule has 0 aromatic heterocycles. The summed E-state index contributed by atoms with van der Waals surface area (Å²) in [5.74, 6) is 0.0647. The number of anilines is 1. The molecule has 0 atom stereocenters. The number of rotatable bonds is 5. The molecule has 4 nitrogen and oxygen atoms in total. The van der Waals surface area contributed by atoms with Gasteiger partial charge in [0.15, 0.2) is 9.84 Å². The molecule has 28 heavy (non-hydrogen) atoms. The third-order valence-corrected chi connectivity index (χ3v) is 8.16. The summed E-state index contributed by atoms with van der Waals surface area (Å²) in [7, 11) is -3.18. The van der Waals surface area contributed by atoms with Gasteiger partial charge < -0.3 is 10.6 Å². The maximum Gasteiger partial charge on any atom is 0.159 e. The minimum atomic E-state index is -3.18. The molecule has 0 saturated carbocycles. The fourth-order valence-electron chi connectivity index (χ4n) is 3.31. The Bertz CT molecular complexity index is 932. The predicted molar refractivity (Wildman–Crippen MR) is 118 cm³/mol. The fourth-order valence-corrected chi connectivity index (χ4v) is 4.62. The molecule has 2 aromatic carbocycles. The summed E-state index contributed by atoms with van der Waals surface area (Å²) in [4.78, 5) is 0. The first-order valence-corrected chi connectivity index (χ1v) is 11.8. The molecule has 0 amide bonds. The van der Waals surface area contributed by atoms with E-state index in [4.69, 9.17) is 11.6 Å². The Hall–Kier alpha value is -1.56. The van der Waals surface area contributed by atoms with E-state index in [1.807, 2.05) is 30.3 Å². The van der Waals surface area contributed by atoms with E-state index in [1.54, 1.807) is 20.8 Å². The highest BCUT2D eigenvalue weighted by molar-refractivity contribution is 7.91. The normalized spacial score (nSPS) is 15.0. The van der Waals surface area contributed by atoms with Gasteiger partial charge in [-0.3, -0.25) is 0 Å². The van der Waals surface area contributed by atoms with Crippen LogP contribution in [0, 0.1) is 0 Å². The molecule has 0 saturated heterocycles. The minimum absolute atomic E-state index is 0.0647. The Labute approximate surface area is 173 Å².